The lowest BCUT2D eigenvalue weighted by atomic mass is 9.64. The molecule has 1 saturated heterocycles. The summed E-state index contributed by atoms with van der Waals surface area (Å²) in [5.41, 5.74) is 7.38. The fourth-order valence-electron chi connectivity index (χ4n) is 5.42. The first-order valence-corrected chi connectivity index (χ1v) is 11.5. The van der Waals surface area contributed by atoms with E-state index in [0.29, 0.717) is 6.61 Å². The van der Waals surface area contributed by atoms with Crippen molar-refractivity contribution in [2.24, 2.45) is 11.7 Å². The van der Waals surface area contributed by atoms with Gasteiger partial charge in [0.1, 0.15) is 11.2 Å². The minimum absolute atomic E-state index is 0.143. The van der Waals surface area contributed by atoms with E-state index in [4.69, 9.17) is 10.5 Å². The summed E-state index contributed by atoms with van der Waals surface area (Å²) in [7, 11) is 2.30. The van der Waals surface area contributed by atoms with Gasteiger partial charge in [0, 0.05) is 18.8 Å². The van der Waals surface area contributed by atoms with E-state index in [1.807, 2.05) is 91.0 Å². The normalized spacial score (nSPS) is 20.7. The highest BCUT2D eigenvalue weighted by molar-refractivity contribution is 5.91. The predicted molar refractivity (Wildman–Crippen MR) is 128 cm³/mol. The fraction of sp³-hybridized carbons (Fsp3) is 0.321. The number of hydrogen-bond acceptors (Lipinski definition) is 2. The lowest BCUT2D eigenvalue weighted by Gasteiger charge is -2.38. The van der Waals surface area contributed by atoms with Crippen LogP contribution < -0.4 is 10.5 Å². The van der Waals surface area contributed by atoms with Crippen LogP contribution in [0.2, 0.25) is 0 Å². The zero-order valence-corrected chi connectivity index (χ0v) is 18.8. The molecule has 1 fully saturated rings. The second kappa shape index (κ2) is 9.58. The molecule has 1 unspecified atom stereocenters. The molecule has 0 bridgehead atoms. The zero-order chi connectivity index (χ0) is 22.4. The van der Waals surface area contributed by atoms with Crippen LogP contribution in [-0.4, -0.2) is 43.7 Å². The quantitative estimate of drug-likeness (QED) is 0.405. The smallest absolute Gasteiger partial charge is 0.233 e. The number of amides is 1. The molecule has 2 N–H and O–H groups in total. The molecule has 4 nitrogen and oxygen atoms in total. The molecule has 0 radical (unpaired) electrons. The molecule has 3 aromatic carbocycles. The number of carbonyl (C=O) groups is 1. The molecule has 1 aliphatic rings. The minimum Gasteiger partial charge on any atom is -0.493 e. The van der Waals surface area contributed by atoms with Crippen LogP contribution in [0.1, 0.15) is 24.0 Å². The summed E-state index contributed by atoms with van der Waals surface area (Å²) in [4.78, 5) is 13.2. The number of hydrogen-bond donors (Lipinski definition) is 1. The molecular weight excluding hydrogens is 396 g/mol. The maximum atomic E-state index is 13.2. The number of benzene rings is 3. The molecule has 0 aliphatic carbocycles. The number of nitrogens with zero attached hydrogens (tertiary/aromatic N) is 1. The third-order valence-corrected chi connectivity index (χ3v) is 6.99. The van der Waals surface area contributed by atoms with Crippen molar-refractivity contribution in [3.8, 4) is 5.75 Å². The van der Waals surface area contributed by atoms with Gasteiger partial charge in [-0.1, -0.05) is 78.9 Å². The molecule has 166 valence electrons. The Morgan fingerprint density at radius 2 is 1.47 bits per heavy atom. The average Bonchev–Trinajstić information content (AvgIpc) is 3.21. The van der Waals surface area contributed by atoms with Crippen LogP contribution >= 0.6 is 0 Å². The Bertz CT molecular complexity index is 968. The van der Waals surface area contributed by atoms with E-state index in [2.05, 4.69) is 7.05 Å². The Hall–Kier alpha value is -3.11. The van der Waals surface area contributed by atoms with E-state index in [-0.39, 0.29) is 11.8 Å². The molecule has 4 heteroatoms. The topological polar surface area (TPSA) is 52.3 Å². The second-order valence-electron chi connectivity index (χ2n) is 9.15. The van der Waals surface area contributed by atoms with E-state index < -0.39 is 5.41 Å². The van der Waals surface area contributed by atoms with Crippen molar-refractivity contribution < 1.29 is 14.0 Å². The Kier molecular flexibility index (Phi) is 6.61. The van der Waals surface area contributed by atoms with Crippen LogP contribution in [0.4, 0.5) is 0 Å². The van der Waals surface area contributed by atoms with Gasteiger partial charge in [-0.3, -0.25) is 4.79 Å². The van der Waals surface area contributed by atoms with E-state index >= 15 is 0 Å². The van der Waals surface area contributed by atoms with E-state index in [0.717, 1.165) is 53.8 Å². The molecule has 2 atom stereocenters. The summed E-state index contributed by atoms with van der Waals surface area (Å²) in [6.07, 6.45) is 1.93. The predicted octanol–water partition coefficient (Wildman–Crippen LogP) is 4.39. The average molecular weight is 430 g/mol. The van der Waals surface area contributed by atoms with E-state index in [9.17, 15) is 4.79 Å². The maximum Gasteiger partial charge on any atom is 0.233 e. The fourth-order valence-corrected chi connectivity index (χ4v) is 5.42. The first-order chi connectivity index (χ1) is 15.5. The number of rotatable bonds is 9. The highest BCUT2D eigenvalue weighted by atomic mass is 16.5. The number of carbonyl (C=O) groups excluding carboxylic acids is 1. The van der Waals surface area contributed by atoms with Gasteiger partial charge in [0.2, 0.25) is 5.91 Å². The third-order valence-electron chi connectivity index (χ3n) is 6.99. The van der Waals surface area contributed by atoms with Gasteiger partial charge in [-0.05, 0) is 23.3 Å². The Balaban J connectivity index is 1.54. The molecule has 1 aliphatic heterocycles. The summed E-state index contributed by atoms with van der Waals surface area (Å²) in [6.45, 7) is 3.66. The molecule has 0 aromatic heterocycles. The molecule has 0 spiro atoms. The molecule has 3 aromatic rings. The highest BCUT2D eigenvalue weighted by Crippen LogP contribution is 2.45. The number of primary amides is 1. The number of ether oxygens (including phenoxy) is 1. The summed E-state index contributed by atoms with van der Waals surface area (Å²) in [6, 6.07) is 30.1. The lowest BCUT2D eigenvalue weighted by Crippen LogP contribution is -2.51. The van der Waals surface area contributed by atoms with E-state index in [1.54, 1.807) is 0 Å². The zero-order valence-electron chi connectivity index (χ0n) is 18.8. The van der Waals surface area contributed by atoms with Crippen LogP contribution in [0, 0.1) is 5.92 Å². The second-order valence-corrected chi connectivity index (χ2v) is 9.15. The van der Waals surface area contributed by atoms with Crippen molar-refractivity contribution in [1.29, 1.82) is 0 Å². The number of likely N-dealkylation sites (tertiary alicyclic amines) is 1. The summed E-state index contributed by atoms with van der Waals surface area (Å²) in [5, 5.41) is 0. The van der Waals surface area contributed by atoms with Crippen molar-refractivity contribution in [3.63, 3.8) is 0 Å². The molecule has 32 heavy (non-hydrogen) atoms. The van der Waals surface area contributed by atoms with E-state index in [1.165, 1.54) is 0 Å². The van der Waals surface area contributed by atoms with Gasteiger partial charge in [-0.15, -0.1) is 0 Å². The lowest BCUT2D eigenvalue weighted by molar-refractivity contribution is -0.899. The largest absolute Gasteiger partial charge is 0.493 e. The van der Waals surface area contributed by atoms with Gasteiger partial charge >= 0.3 is 0 Å². The first kappa shape index (κ1) is 22.1. The van der Waals surface area contributed by atoms with Crippen molar-refractivity contribution in [1.82, 2.24) is 0 Å². The maximum absolute atomic E-state index is 13.2. The van der Waals surface area contributed by atoms with Crippen molar-refractivity contribution in [3.05, 3.63) is 102 Å². The summed E-state index contributed by atoms with van der Waals surface area (Å²) in [5.74, 6) is 0.793. The van der Waals surface area contributed by atoms with Gasteiger partial charge < -0.3 is 15.0 Å². The monoisotopic (exact) mass is 429 g/mol. The van der Waals surface area contributed by atoms with Gasteiger partial charge in [0.05, 0.1) is 33.3 Å². The highest BCUT2D eigenvalue weighted by Gasteiger charge is 2.53. The number of para-hydroxylation sites is 1. The van der Waals surface area contributed by atoms with Gasteiger partial charge in [0.25, 0.3) is 0 Å². The summed E-state index contributed by atoms with van der Waals surface area (Å²) >= 11 is 0. The van der Waals surface area contributed by atoms with Crippen molar-refractivity contribution >= 4 is 5.91 Å². The summed E-state index contributed by atoms with van der Waals surface area (Å²) < 4.78 is 6.83. The molecule has 4 rings (SSSR count). The first-order valence-electron chi connectivity index (χ1n) is 11.5. The van der Waals surface area contributed by atoms with Crippen LogP contribution in [0.5, 0.6) is 5.75 Å². The van der Waals surface area contributed by atoms with Crippen LogP contribution in [-0.2, 0) is 10.2 Å². The minimum atomic E-state index is -0.820. The SMILES string of the molecule is C[N@+]1(CCCOc2ccccc2)CCC(C(C(N)=O)(c2ccccc2)c2ccccc2)C1. The Morgan fingerprint density at radius 1 is 0.938 bits per heavy atom. The van der Waals surface area contributed by atoms with Gasteiger partial charge in [-0.2, -0.15) is 0 Å². The van der Waals surface area contributed by atoms with Crippen LogP contribution in [0.15, 0.2) is 91.0 Å². The Labute approximate surface area is 191 Å². The van der Waals surface area contributed by atoms with Crippen molar-refractivity contribution in [2.75, 3.05) is 33.3 Å². The standard InChI is InChI=1S/C28H32N2O2/c1-30(19-11-21-32-26-16-9-4-10-17-26)20-18-25(22-30)28(27(29)31,23-12-5-2-6-13-23)24-14-7-3-8-15-24/h2-10,12-17,25H,11,18-22H2,1H3,(H-,29,31)/p+1/t25?,30-/m0/s1. The molecular formula is C28H33N2O2+. The number of nitrogens with two attached hydrogens (primary N) is 1. The molecule has 1 heterocycles. The number of quaternary nitrogens is 1. The van der Waals surface area contributed by atoms with Gasteiger partial charge in [0.15, 0.2) is 0 Å². The van der Waals surface area contributed by atoms with Gasteiger partial charge in [-0.25, -0.2) is 0 Å². The molecule has 0 saturated carbocycles. The van der Waals surface area contributed by atoms with Crippen LogP contribution in [0.25, 0.3) is 0 Å². The third kappa shape index (κ3) is 4.42. The van der Waals surface area contributed by atoms with Crippen LogP contribution in [0.3, 0.4) is 0 Å². The van der Waals surface area contributed by atoms with Crippen molar-refractivity contribution in [2.45, 2.75) is 18.3 Å². The Morgan fingerprint density at radius 3 is 2.00 bits per heavy atom. The molecule has 1 amide bonds.